The van der Waals surface area contributed by atoms with Crippen LogP contribution in [-0.2, 0) is 0 Å². The number of benzene rings is 1. The van der Waals surface area contributed by atoms with Gasteiger partial charge in [-0.05, 0) is 36.0 Å². The van der Waals surface area contributed by atoms with Gasteiger partial charge in [0.2, 0.25) is 0 Å². The quantitative estimate of drug-likeness (QED) is 0.745. The molecule has 0 saturated heterocycles. The van der Waals surface area contributed by atoms with E-state index in [2.05, 4.69) is 0 Å². The van der Waals surface area contributed by atoms with Crippen molar-refractivity contribution >= 4 is 81.2 Å². The molecule has 1 heterocycles. The molecule has 0 aliphatic heterocycles. The van der Waals surface area contributed by atoms with Crippen LogP contribution in [0.4, 0.5) is 0 Å². The van der Waals surface area contributed by atoms with Crippen molar-refractivity contribution in [3.8, 4) is 0 Å². The minimum Gasteiger partial charge on any atom is -0.267 e. The first kappa shape index (κ1) is 16.4. The van der Waals surface area contributed by atoms with E-state index in [1.807, 2.05) is 0 Å². The number of aromatic nitrogens is 2. The Morgan fingerprint density at radius 1 is 0.900 bits per heavy atom. The van der Waals surface area contributed by atoms with Crippen LogP contribution in [-0.4, -0.2) is 16.3 Å². The van der Waals surface area contributed by atoms with Gasteiger partial charge in [0.1, 0.15) is 0 Å². The average molecular weight is 392 g/mol. The lowest BCUT2D eigenvalue weighted by Crippen LogP contribution is -2.35. The standard InChI is InChI=1S/C10H6Cl4N2O2S2/c11-8(12)19-15-6-4-2-1-3-5(6)7(17)16(10(15)18)20-9(13)14/h1-4,8-9H. The number of alkyl halides is 4. The number of nitrogens with zero attached hydrogens (tertiary/aromatic N) is 2. The van der Waals surface area contributed by atoms with Crippen LogP contribution >= 0.6 is 70.3 Å². The van der Waals surface area contributed by atoms with Gasteiger partial charge in [-0.3, -0.25) is 4.79 Å². The number of hydrogen-bond acceptors (Lipinski definition) is 4. The van der Waals surface area contributed by atoms with E-state index >= 15 is 0 Å². The molecule has 10 heteroatoms. The Labute approximate surface area is 142 Å². The largest absolute Gasteiger partial charge is 0.352 e. The maximum absolute atomic E-state index is 12.3. The van der Waals surface area contributed by atoms with Crippen LogP contribution in [0.5, 0.6) is 0 Å². The van der Waals surface area contributed by atoms with Crippen LogP contribution in [0.1, 0.15) is 0 Å². The van der Waals surface area contributed by atoms with Crippen molar-refractivity contribution < 1.29 is 0 Å². The van der Waals surface area contributed by atoms with Gasteiger partial charge < -0.3 is 0 Å². The van der Waals surface area contributed by atoms with Crippen LogP contribution in [0.15, 0.2) is 33.9 Å². The van der Waals surface area contributed by atoms with Gasteiger partial charge in [0, 0.05) is 0 Å². The van der Waals surface area contributed by atoms with E-state index in [0.717, 1.165) is 15.9 Å². The molecule has 108 valence electrons. The highest BCUT2D eigenvalue weighted by molar-refractivity contribution is 8.01. The van der Waals surface area contributed by atoms with Crippen molar-refractivity contribution in [3.63, 3.8) is 0 Å². The van der Waals surface area contributed by atoms with Gasteiger partial charge in [0.25, 0.3) is 5.56 Å². The summed E-state index contributed by atoms with van der Waals surface area (Å²) in [5.41, 5.74) is -0.669. The van der Waals surface area contributed by atoms with Crippen LogP contribution in [0.2, 0.25) is 0 Å². The predicted molar refractivity (Wildman–Crippen MR) is 89.4 cm³/mol. The summed E-state index contributed by atoms with van der Waals surface area (Å²) in [6.07, 6.45) is 0. The maximum atomic E-state index is 12.3. The van der Waals surface area contributed by atoms with E-state index in [1.165, 1.54) is 3.97 Å². The van der Waals surface area contributed by atoms with Crippen molar-refractivity contribution in [2.24, 2.45) is 0 Å². The third-order valence-corrected chi connectivity index (χ3v) is 4.63. The molecule has 0 aliphatic rings. The summed E-state index contributed by atoms with van der Waals surface area (Å²) in [4.78, 5) is 24.6. The lowest BCUT2D eigenvalue weighted by molar-refractivity contribution is 0.982. The van der Waals surface area contributed by atoms with E-state index in [9.17, 15) is 9.59 Å². The molecule has 20 heavy (non-hydrogen) atoms. The van der Waals surface area contributed by atoms with E-state index in [-0.39, 0.29) is 0 Å². The minimum absolute atomic E-state index is 0.343. The predicted octanol–water partition coefficient (Wildman–Crippen LogP) is 3.68. The summed E-state index contributed by atoms with van der Waals surface area (Å²) in [5.74, 6) is 0. The number of para-hydroxylation sites is 1. The number of hydrogen-bond donors (Lipinski definition) is 0. The fourth-order valence-electron chi connectivity index (χ4n) is 1.57. The number of rotatable bonds is 4. The Hall–Kier alpha value is 0.0200. The molecule has 2 rings (SSSR count). The summed E-state index contributed by atoms with van der Waals surface area (Å²) < 4.78 is 0.304. The first-order valence-corrected chi connectivity index (χ1v) is 8.51. The van der Waals surface area contributed by atoms with E-state index in [1.54, 1.807) is 24.3 Å². The van der Waals surface area contributed by atoms with E-state index < -0.39 is 19.6 Å². The van der Waals surface area contributed by atoms with Gasteiger partial charge in [-0.2, -0.15) is 3.97 Å². The maximum Gasteiger partial charge on any atom is 0.352 e. The Balaban J connectivity index is 2.81. The molecule has 2 aromatic rings. The highest BCUT2D eigenvalue weighted by atomic mass is 35.5. The SMILES string of the molecule is O=c1c2ccccc2n(SC(Cl)Cl)c(=O)n1SC(Cl)Cl. The molecule has 0 radical (unpaired) electrons. The van der Waals surface area contributed by atoms with Crippen molar-refractivity contribution in [2.75, 3.05) is 0 Å². The number of fused-ring (bicyclic) bond motifs is 1. The van der Waals surface area contributed by atoms with Crippen molar-refractivity contribution in [2.45, 2.75) is 8.34 Å². The summed E-state index contributed by atoms with van der Waals surface area (Å²) in [6, 6.07) is 6.63. The van der Waals surface area contributed by atoms with Gasteiger partial charge in [0.15, 0.2) is 8.34 Å². The molecule has 1 aromatic heterocycles. The highest BCUT2D eigenvalue weighted by Gasteiger charge is 2.17. The van der Waals surface area contributed by atoms with Crippen molar-refractivity contribution in [1.82, 2.24) is 7.94 Å². The van der Waals surface area contributed by atoms with Gasteiger partial charge in [0.05, 0.1) is 10.9 Å². The molecule has 0 spiro atoms. The number of halogens is 4. The smallest absolute Gasteiger partial charge is 0.267 e. The second-order valence-electron chi connectivity index (χ2n) is 3.43. The molecular weight excluding hydrogens is 386 g/mol. The lowest BCUT2D eigenvalue weighted by atomic mass is 10.2. The lowest BCUT2D eigenvalue weighted by Gasteiger charge is -2.12. The Bertz CT molecular complexity index is 744. The second-order valence-corrected chi connectivity index (χ2v) is 8.75. The van der Waals surface area contributed by atoms with Crippen LogP contribution < -0.4 is 11.2 Å². The Morgan fingerprint density at radius 2 is 1.45 bits per heavy atom. The molecule has 0 atom stereocenters. The Kier molecular flexibility index (Phi) is 5.62. The molecule has 0 fully saturated rings. The first-order valence-electron chi connectivity index (χ1n) is 5.09. The molecule has 0 bridgehead atoms. The molecule has 4 nitrogen and oxygen atoms in total. The monoisotopic (exact) mass is 390 g/mol. The molecule has 0 amide bonds. The summed E-state index contributed by atoms with van der Waals surface area (Å²) in [6.45, 7) is 0. The Morgan fingerprint density at radius 3 is 2.05 bits per heavy atom. The minimum atomic E-state index is -0.956. The van der Waals surface area contributed by atoms with Gasteiger partial charge in [-0.1, -0.05) is 58.5 Å². The summed E-state index contributed by atoms with van der Waals surface area (Å²) in [5, 5.41) is 0.343. The van der Waals surface area contributed by atoms with E-state index in [4.69, 9.17) is 46.4 Å². The average Bonchev–Trinajstić information content (AvgIpc) is 2.39. The second kappa shape index (κ2) is 6.85. The summed E-state index contributed by atoms with van der Waals surface area (Å²) >= 11 is 24.3. The van der Waals surface area contributed by atoms with Gasteiger partial charge >= 0.3 is 5.69 Å². The van der Waals surface area contributed by atoms with Crippen molar-refractivity contribution in [1.29, 1.82) is 0 Å². The van der Waals surface area contributed by atoms with Crippen molar-refractivity contribution in [3.05, 3.63) is 45.1 Å². The zero-order chi connectivity index (χ0) is 14.9. The summed E-state index contributed by atoms with van der Waals surface area (Å²) in [7, 11) is 0. The molecule has 1 aromatic carbocycles. The third kappa shape index (κ3) is 3.43. The molecule has 0 N–H and O–H groups in total. The normalized spacial score (nSPS) is 11.7. The first-order chi connectivity index (χ1) is 9.41. The fraction of sp³-hybridized carbons (Fsp3) is 0.200. The van der Waals surface area contributed by atoms with Crippen LogP contribution in [0.25, 0.3) is 10.9 Å². The van der Waals surface area contributed by atoms with Gasteiger partial charge in [-0.25, -0.2) is 8.77 Å². The molecule has 0 unspecified atom stereocenters. The molecular formula is C10H6Cl4N2O2S2. The zero-order valence-electron chi connectivity index (χ0n) is 9.50. The molecule has 0 saturated carbocycles. The zero-order valence-corrected chi connectivity index (χ0v) is 14.2. The van der Waals surface area contributed by atoms with Crippen LogP contribution in [0, 0.1) is 0 Å². The molecule has 0 aliphatic carbocycles. The van der Waals surface area contributed by atoms with Gasteiger partial charge in [-0.15, -0.1) is 0 Å². The van der Waals surface area contributed by atoms with E-state index in [0.29, 0.717) is 22.9 Å². The highest BCUT2D eigenvalue weighted by Crippen LogP contribution is 2.24. The third-order valence-electron chi connectivity index (χ3n) is 2.26. The topological polar surface area (TPSA) is 44.0 Å². The fourth-order valence-corrected chi connectivity index (χ4v) is 3.70. The van der Waals surface area contributed by atoms with Crippen LogP contribution in [0.3, 0.4) is 0 Å².